The second kappa shape index (κ2) is 8.88. The van der Waals surface area contributed by atoms with Gasteiger partial charge in [0.2, 0.25) is 0 Å². The number of hydrogen-bond acceptors (Lipinski definition) is 4. The van der Waals surface area contributed by atoms with Crippen LogP contribution in [0.25, 0.3) is 11.3 Å². The van der Waals surface area contributed by atoms with Crippen LogP contribution in [0.2, 0.25) is 23.3 Å². The van der Waals surface area contributed by atoms with Crippen LogP contribution in [-0.4, -0.2) is 35.8 Å². The van der Waals surface area contributed by atoms with Crippen LogP contribution in [0.15, 0.2) is 24.5 Å². The lowest BCUT2D eigenvalue weighted by molar-refractivity contribution is 0.0568. The third-order valence-corrected chi connectivity index (χ3v) is 9.78. The van der Waals surface area contributed by atoms with Gasteiger partial charge in [0, 0.05) is 31.5 Å². The van der Waals surface area contributed by atoms with Crippen molar-refractivity contribution in [2.24, 2.45) is 0 Å². The molecule has 0 saturated heterocycles. The predicted octanol–water partition coefficient (Wildman–Crippen LogP) is 6.17. The minimum Gasteiger partial charge on any atom is -0.490 e. The topological polar surface area (TPSA) is 49.2 Å². The fraction of sp³-hybridized carbons (Fsp3) is 0.579. The Bertz CT molecular complexity index is 794. The summed E-state index contributed by atoms with van der Waals surface area (Å²) in [6.07, 6.45) is 3.24. The molecule has 0 spiro atoms. The van der Waals surface area contributed by atoms with Crippen molar-refractivity contribution in [3.63, 3.8) is 0 Å². The number of rotatable bonds is 8. The summed E-state index contributed by atoms with van der Waals surface area (Å²) in [6, 6.07) is 3.07. The van der Waals surface area contributed by atoms with Gasteiger partial charge in [-0.2, -0.15) is 13.9 Å². The average molecular weight is 432 g/mol. The van der Waals surface area contributed by atoms with Crippen molar-refractivity contribution in [2.45, 2.75) is 64.9 Å². The monoisotopic (exact) mass is 431 g/mol. The zero-order chi connectivity index (χ0) is 21.1. The maximum atomic E-state index is 12.8. The summed E-state index contributed by atoms with van der Waals surface area (Å²) >= 11 is 6.00. The van der Waals surface area contributed by atoms with Gasteiger partial charge in [-0.3, -0.25) is 0 Å². The molecule has 0 aromatic carbocycles. The van der Waals surface area contributed by atoms with E-state index in [-0.39, 0.29) is 16.3 Å². The van der Waals surface area contributed by atoms with Crippen molar-refractivity contribution in [2.75, 3.05) is 6.61 Å². The van der Waals surface area contributed by atoms with E-state index in [0.717, 1.165) is 0 Å². The van der Waals surface area contributed by atoms with Crippen LogP contribution in [0.5, 0.6) is 5.75 Å². The van der Waals surface area contributed by atoms with Gasteiger partial charge >= 0.3 is 6.55 Å². The molecule has 0 aliphatic heterocycles. The highest BCUT2D eigenvalue weighted by Crippen LogP contribution is 2.37. The smallest absolute Gasteiger partial charge is 0.333 e. The van der Waals surface area contributed by atoms with E-state index in [1.54, 1.807) is 6.07 Å². The normalized spacial score (nSPS) is 13.8. The summed E-state index contributed by atoms with van der Waals surface area (Å²) in [5.41, 5.74) is 0.866. The molecule has 28 heavy (non-hydrogen) atoms. The van der Waals surface area contributed by atoms with Gasteiger partial charge in [-0.15, -0.1) is 0 Å². The zero-order valence-corrected chi connectivity index (χ0v) is 18.9. The Labute approximate surface area is 171 Å². The van der Waals surface area contributed by atoms with E-state index < -0.39 is 14.9 Å². The molecule has 0 aliphatic carbocycles. The molecule has 0 radical (unpaired) electrons. The van der Waals surface area contributed by atoms with Crippen molar-refractivity contribution >= 4 is 19.9 Å². The largest absolute Gasteiger partial charge is 0.490 e. The number of alkyl halides is 2. The second-order valence-corrected chi connectivity index (χ2v) is 13.5. The molecule has 156 valence electrons. The van der Waals surface area contributed by atoms with Crippen LogP contribution in [0.4, 0.5) is 8.78 Å². The molecular weight excluding hydrogens is 404 g/mol. The fourth-order valence-corrected chi connectivity index (χ4v) is 3.47. The lowest BCUT2D eigenvalue weighted by Gasteiger charge is -2.36. The quantitative estimate of drug-likeness (QED) is 0.370. The van der Waals surface area contributed by atoms with Gasteiger partial charge < -0.3 is 9.16 Å². The number of halogens is 3. The van der Waals surface area contributed by atoms with Gasteiger partial charge in [-0.05, 0) is 31.1 Å². The standard InChI is InChI=1S/C19H28ClF2N3O2Si/c1-13(8-10-26-28(5,6)19(2,3)4)27-16-11-17(20)23-12-14(16)15-7-9-25(24-15)18(21)22/h7,9,11-13,18H,8,10H2,1-6H3/t13-/m0/s1. The van der Waals surface area contributed by atoms with E-state index in [1.165, 1.54) is 18.5 Å². The number of hydrogen-bond donors (Lipinski definition) is 0. The summed E-state index contributed by atoms with van der Waals surface area (Å²) in [7, 11) is -1.81. The maximum Gasteiger partial charge on any atom is 0.333 e. The summed E-state index contributed by atoms with van der Waals surface area (Å²) in [6.45, 7) is 10.8. The van der Waals surface area contributed by atoms with Crippen LogP contribution < -0.4 is 4.74 Å². The molecule has 0 bridgehead atoms. The predicted molar refractivity (Wildman–Crippen MR) is 110 cm³/mol. The maximum absolute atomic E-state index is 12.8. The summed E-state index contributed by atoms with van der Waals surface area (Å²) in [4.78, 5) is 4.03. The first kappa shape index (κ1) is 22.8. The summed E-state index contributed by atoms with van der Waals surface area (Å²) in [5, 5.41) is 4.29. The first-order valence-corrected chi connectivity index (χ1v) is 12.5. The lowest BCUT2D eigenvalue weighted by Crippen LogP contribution is -2.41. The Morgan fingerprint density at radius 2 is 1.96 bits per heavy atom. The van der Waals surface area contributed by atoms with Crippen molar-refractivity contribution in [1.82, 2.24) is 14.8 Å². The Hall–Kier alpha value is -1.51. The second-order valence-electron chi connectivity index (χ2n) is 8.29. The molecule has 0 fully saturated rings. The molecule has 2 heterocycles. The van der Waals surface area contributed by atoms with Crippen LogP contribution in [0, 0.1) is 0 Å². The van der Waals surface area contributed by atoms with E-state index in [1.807, 2.05) is 6.92 Å². The van der Waals surface area contributed by atoms with Crippen LogP contribution >= 0.6 is 11.6 Å². The lowest BCUT2D eigenvalue weighted by atomic mass is 10.2. The van der Waals surface area contributed by atoms with Crippen molar-refractivity contribution in [3.05, 3.63) is 29.7 Å². The SMILES string of the molecule is C[C@@H](CCO[Si](C)(C)C(C)(C)C)Oc1cc(Cl)ncc1-c1ccn(C(F)F)n1. The van der Waals surface area contributed by atoms with E-state index in [9.17, 15) is 8.78 Å². The first-order chi connectivity index (χ1) is 12.9. The average Bonchev–Trinajstić information content (AvgIpc) is 3.03. The Balaban J connectivity index is 2.07. The van der Waals surface area contributed by atoms with E-state index >= 15 is 0 Å². The number of pyridine rings is 1. The fourth-order valence-electron chi connectivity index (χ4n) is 2.27. The molecule has 0 amide bonds. The Morgan fingerprint density at radius 3 is 2.54 bits per heavy atom. The highest BCUT2D eigenvalue weighted by atomic mass is 35.5. The zero-order valence-electron chi connectivity index (χ0n) is 17.2. The molecule has 5 nitrogen and oxygen atoms in total. The van der Waals surface area contributed by atoms with Crippen LogP contribution in [0.3, 0.4) is 0 Å². The van der Waals surface area contributed by atoms with Crippen molar-refractivity contribution in [1.29, 1.82) is 0 Å². The highest BCUT2D eigenvalue weighted by molar-refractivity contribution is 6.74. The van der Waals surface area contributed by atoms with Crippen molar-refractivity contribution < 1.29 is 17.9 Å². The van der Waals surface area contributed by atoms with Gasteiger partial charge in [-0.1, -0.05) is 32.4 Å². The van der Waals surface area contributed by atoms with E-state index in [0.29, 0.717) is 34.7 Å². The number of nitrogens with zero attached hydrogens (tertiary/aromatic N) is 3. The molecule has 2 aromatic heterocycles. The Kier molecular flexibility index (Phi) is 7.22. The van der Waals surface area contributed by atoms with Gasteiger partial charge in [0.1, 0.15) is 10.9 Å². The molecule has 0 aliphatic rings. The van der Waals surface area contributed by atoms with E-state index in [4.69, 9.17) is 20.8 Å². The third kappa shape index (κ3) is 5.75. The minimum atomic E-state index is -2.70. The molecule has 0 unspecified atom stereocenters. The molecule has 1 atom stereocenters. The minimum absolute atomic E-state index is 0.145. The molecule has 9 heteroatoms. The van der Waals surface area contributed by atoms with Crippen molar-refractivity contribution in [3.8, 4) is 17.0 Å². The molecule has 0 N–H and O–H groups in total. The number of ether oxygens (including phenoxy) is 1. The third-order valence-electron chi connectivity index (χ3n) is 5.04. The first-order valence-electron chi connectivity index (χ1n) is 9.20. The molecule has 2 rings (SSSR count). The summed E-state index contributed by atoms with van der Waals surface area (Å²) < 4.78 is 38.4. The van der Waals surface area contributed by atoms with E-state index in [2.05, 4.69) is 43.9 Å². The summed E-state index contributed by atoms with van der Waals surface area (Å²) in [5.74, 6) is 0.458. The van der Waals surface area contributed by atoms with Gasteiger partial charge in [0.25, 0.3) is 0 Å². The molecule has 0 saturated carbocycles. The van der Waals surface area contributed by atoms with Crippen LogP contribution in [0.1, 0.15) is 40.7 Å². The molecule has 2 aromatic rings. The van der Waals surface area contributed by atoms with Gasteiger partial charge in [0.05, 0.1) is 17.4 Å². The highest BCUT2D eigenvalue weighted by Gasteiger charge is 2.37. The number of aromatic nitrogens is 3. The molecular formula is C19H28ClF2N3O2Si. The van der Waals surface area contributed by atoms with Crippen LogP contribution in [-0.2, 0) is 4.43 Å². The van der Waals surface area contributed by atoms with Gasteiger partial charge in [0.15, 0.2) is 8.32 Å². The Morgan fingerprint density at radius 1 is 1.29 bits per heavy atom. The van der Waals surface area contributed by atoms with Gasteiger partial charge in [-0.25, -0.2) is 9.67 Å².